The summed E-state index contributed by atoms with van der Waals surface area (Å²) in [6.07, 6.45) is 4.10. The van der Waals surface area contributed by atoms with Gasteiger partial charge in [-0.3, -0.25) is 0 Å². The maximum Gasteiger partial charge on any atom is 0.337 e. The molecule has 0 aromatic heterocycles. The van der Waals surface area contributed by atoms with Crippen LogP contribution in [0.5, 0.6) is 0 Å². The number of methoxy groups -OCH3 is 1. The van der Waals surface area contributed by atoms with Crippen LogP contribution < -0.4 is 4.90 Å². The van der Waals surface area contributed by atoms with Crippen LogP contribution in [0.3, 0.4) is 0 Å². The standard InChI is InChI=1S/C20H23NO2/c1-4-21(5-2)19-14-10-17(11-15-19)7-6-16-8-12-18(13-9-16)20(22)23-3/h6-15H,4-5H2,1-3H3/b7-6+. The Morgan fingerprint density at radius 2 is 1.39 bits per heavy atom. The minimum atomic E-state index is -0.312. The average molecular weight is 309 g/mol. The lowest BCUT2D eigenvalue weighted by atomic mass is 10.1. The second-order valence-electron chi connectivity index (χ2n) is 5.21. The minimum absolute atomic E-state index is 0.312. The quantitative estimate of drug-likeness (QED) is 0.581. The third-order valence-corrected chi connectivity index (χ3v) is 3.82. The summed E-state index contributed by atoms with van der Waals surface area (Å²) in [4.78, 5) is 13.7. The number of esters is 1. The van der Waals surface area contributed by atoms with Gasteiger partial charge < -0.3 is 9.64 Å². The number of nitrogens with zero attached hydrogens (tertiary/aromatic N) is 1. The predicted molar refractivity (Wildman–Crippen MR) is 96.7 cm³/mol. The molecule has 0 aliphatic heterocycles. The van der Waals surface area contributed by atoms with Crippen LogP contribution in [0.15, 0.2) is 48.5 Å². The Balaban J connectivity index is 2.06. The summed E-state index contributed by atoms with van der Waals surface area (Å²) in [6, 6.07) is 15.9. The van der Waals surface area contributed by atoms with Crippen LogP contribution in [0, 0.1) is 0 Å². The Bertz CT molecular complexity index is 653. The number of hydrogen-bond acceptors (Lipinski definition) is 3. The fourth-order valence-corrected chi connectivity index (χ4v) is 2.43. The van der Waals surface area contributed by atoms with Gasteiger partial charge in [-0.1, -0.05) is 36.4 Å². The molecule has 23 heavy (non-hydrogen) atoms. The first kappa shape index (κ1) is 16.8. The second kappa shape index (κ2) is 8.18. The molecule has 2 aromatic carbocycles. The van der Waals surface area contributed by atoms with Gasteiger partial charge in [0.2, 0.25) is 0 Å². The van der Waals surface area contributed by atoms with Crippen LogP contribution in [-0.2, 0) is 4.74 Å². The lowest BCUT2D eigenvalue weighted by molar-refractivity contribution is 0.0600. The van der Waals surface area contributed by atoms with Gasteiger partial charge in [-0.15, -0.1) is 0 Å². The molecule has 120 valence electrons. The van der Waals surface area contributed by atoms with Gasteiger partial charge in [-0.25, -0.2) is 4.79 Å². The Morgan fingerprint density at radius 1 is 0.913 bits per heavy atom. The van der Waals surface area contributed by atoms with Gasteiger partial charge in [0.15, 0.2) is 0 Å². The fourth-order valence-electron chi connectivity index (χ4n) is 2.43. The summed E-state index contributed by atoms with van der Waals surface area (Å²) in [6.45, 7) is 6.35. The van der Waals surface area contributed by atoms with Crippen molar-refractivity contribution >= 4 is 23.8 Å². The van der Waals surface area contributed by atoms with Gasteiger partial charge in [0.05, 0.1) is 12.7 Å². The topological polar surface area (TPSA) is 29.5 Å². The summed E-state index contributed by atoms with van der Waals surface area (Å²) in [5, 5.41) is 0. The van der Waals surface area contributed by atoms with E-state index in [9.17, 15) is 4.79 Å². The molecular formula is C20H23NO2. The normalized spacial score (nSPS) is 10.7. The first-order chi connectivity index (χ1) is 11.2. The first-order valence-electron chi connectivity index (χ1n) is 7.89. The van der Waals surface area contributed by atoms with E-state index in [0.29, 0.717) is 5.56 Å². The maximum atomic E-state index is 11.4. The highest BCUT2D eigenvalue weighted by atomic mass is 16.5. The van der Waals surface area contributed by atoms with Gasteiger partial charge in [-0.05, 0) is 49.2 Å². The highest BCUT2D eigenvalue weighted by Crippen LogP contribution is 2.17. The molecule has 0 unspecified atom stereocenters. The number of anilines is 1. The Hall–Kier alpha value is -2.55. The van der Waals surface area contributed by atoms with Crippen molar-refractivity contribution < 1.29 is 9.53 Å². The smallest absolute Gasteiger partial charge is 0.337 e. The number of rotatable bonds is 6. The number of carbonyl (C=O) groups excluding carboxylic acids is 1. The number of ether oxygens (including phenoxy) is 1. The summed E-state index contributed by atoms with van der Waals surface area (Å²) < 4.78 is 4.69. The zero-order chi connectivity index (χ0) is 16.7. The van der Waals surface area contributed by atoms with Crippen molar-refractivity contribution in [2.75, 3.05) is 25.1 Å². The molecule has 0 amide bonds. The van der Waals surface area contributed by atoms with Crippen LogP contribution in [0.25, 0.3) is 12.2 Å². The van der Waals surface area contributed by atoms with Crippen molar-refractivity contribution in [3.8, 4) is 0 Å². The highest BCUT2D eigenvalue weighted by Gasteiger charge is 2.03. The van der Waals surface area contributed by atoms with Crippen LogP contribution in [0.4, 0.5) is 5.69 Å². The zero-order valence-corrected chi connectivity index (χ0v) is 14.0. The van der Waals surface area contributed by atoms with Crippen molar-refractivity contribution in [1.82, 2.24) is 0 Å². The number of carbonyl (C=O) groups is 1. The van der Waals surface area contributed by atoms with Crippen LogP contribution in [0.1, 0.15) is 35.3 Å². The van der Waals surface area contributed by atoms with E-state index in [-0.39, 0.29) is 5.97 Å². The predicted octanol–water partition coefficient (Wildman–Crippen LogP) is 4.49. The summed E-state index contributed by atoms with van der Waals surface area (Å²) in [5.41, 5.74) is 4.01. The molecule has 0 saturated heterocycles. The van der Waals surface area contributed by atoms with Crippen molar-refractivity contribution in [3.63, 3.8) is 0 Å². The molecule has 3 nitrogen and oxygen atoms in total. The lowest BCUT2D eigenvalue weighted by Crippen LogP contribution is -2.21. The minimum Gasteiger partial charge on any atom is -0.465 e. The van der Waals surface area contributed by atoms with Gasteiger partial charge in [0.1, 0.15) is 0 Å². The van der Waals surface area contributed by atoms with E-state index in [1.807, 2.05) is 18.2 Å². The second-order valence-corrected chi connectivity index (χ2v) is 5.21. The monoisotopic (exact) mass is 309 g/mol. The van der Waals surface area contributed by atoms with Crippen molar-refractivity contribution in [1.29, 1.82) is 0 Å². The molecule has 0 fully saturated rings. The molecule has 3 heteroatoms. The molecule has 0 heterocycles. The Labute approximate surface area is 138 Å². The van der Waals surface area contributed by atoms with E-state index < -0.39 is 0 Å². The largest absolute Gasteiger partial charge is 0.465 e. The third kappa shape index (κ3) is 4.46. The molecule has 0 aliphatic rings. The molecule has 0 saturated carbocycles. The third-order valence-electron chi connectivity index (χ3n) is 3.82. The van der Waals surface area contributed by atoms with E-state index >= 15 is 0 Å². The van der Waals surface area contributed by atoms with Crippen LogP contribution in [0.2, 0.25) is 0 Å². The Morgan fingerprint density at radius 3 is 1.83 bits per heavy atom. The van der Waals surface area contributed by atoms with E-state index in [2.05, 4.69) is 49.1 Å². The van der Waals surface area contributed by atoms with E-state index in [0.717, 1.165) is 24.2 Å². The molecule has 2 rings (SSSR count). The average Bonchev–Trinajstić information content (AvgIpc) is 2.62. The molecule has 0 aliphatic carbocycles. The van der Waals surface area contributed by atoms with E-state index in [4.69, 9.17) is 4.74 Å². The molecule has 0 spiro atoms. The maximum absolute atomic E-state index is 11.4. The zero-order valence-electron chi connectivity index (χ0n) is 14.0. The van der Waals surface area contributed by atoms with Crippen molar-refractivity contribution in [2.45, 2.75) is 13.8 Å². The number of hydrogen-bond donors (Lipinski definition) is 0. The van der Waals surface area contributed by atoms with E-state index in [1.165, 1.54) is 12.8 Å². The summed E-state index contributed by atoms with van der Waals surface area (Å²) in [7, 11) is 1.39. The SMILES string of the molecule is CCN(CC)c1ccc(/C=C/c2ccc(C(=O)OC)cc2)cc1. The molecule has 0 atom stereocenters. The van der Waals surface area contributed by atoms with Crippen LogP contribution >= 0.6 is 0 Å². The fraction of sp³-hybridized carbons (Fsp3) is 0.250. The first-order valence-corrected chi connectivity index (χ1v) is 7.89. The lowest BCUT2D eigenvalue weighted by Gasteiger charge is -2.20. The van der Waals surface area contributed by atoms with Crippen molar-refractivity contribution in [3.05, 3.63) is 65.2 Å². The summed E-state index contributed by atoms with van der Waals surface area (Å²) >= 11 is 0. The van der Waals surface area contributed by atoms with Gasteiger partial charge in [0, 0.05) is 18.8 Å². The highest BCUT2D eigenvalue weighted by molar-refractivity contribution is 5.89. The van der Waals surface area contributed by atoms with Gasteiger partial charge in [-0.2, -0.15) is 0 Å². The van der Waals surface area contributed by atoms with Gasteiger partial charge in [0.25, 0.3) is 0 Å². The van der Waals surface area contributed by atoms with E-state index in [1.54, 1.807) is 12.1 Å². The molecule has 0 radical (unpaired) electrons. The van der Waals surface area contributed by atoms with Crippen molar-refractivity contribution in [2.24, 2.45) is 0 Å². The molecule has 0 bridgehead atoms. The number of benzene rings is 2. The molecular weight excluding hydrogens is 286 g/mol. The molecule has 2 aromatic rings. The Kier molecular flexibility index (Phi) is 5.98. The van der Waals surface area contributed by atoms with Gasteiger partial charge >= 0.3 is 5.97 Å². The summed E-state index contributed by atoms with van der Waals surface area (Å²) in [5.74, 6) is -0.312. The molecule has 0 N–H and O–H groups in total. The van der Waals surface area contributed by atoms with Crippen LogP contribution in [-0.4, -0.2) is 26.2 Å².